The van der Waals surface area contributed by atoms with E-state index in [1.807, 2.05) is 31.2 Å². The first kappa shape index (κ1) is 14.5. The van der Waals surface area contributed by atoms with E-state index in [9.17, 15) is 9.59 Å². The standard InChI is InChI=1S/C15H20N2O3/c1-10-3-5-12(6-4-10)16-14(18)9-17(13-7-8-13)11(2)15(19)20/h3-6,11,13H,7-9H2,1-2H3,(H,16,18)(H,19,20). The number of carbonyl (C=O) groups excluding carboxylic acids is 1. The van der Waals surface area contributed by atoms with Crippen molar-refractivity contribution in [2.75, 3.05) is 11.9 Å². The van der Waals surface area contributed by atoms with E-state index in [1.165, 1.54) is 0 Å². The monoisotopic (exact) mass is 276 g/mol. The zero-order chi connectivity index (χ0) is 14.7. The van der Waals surface area contributed by atoms with Crippen molar-refractivity contribution in [3.8, 4) is 0 Å². The van der Waals surface area contributed by atoms with Crippen LogP contribution in [0.25, 0.3) is 0 Å². The van der Waals surface area contributed by atoms with E-state index in [0.717, 1.165) is 24.1 Å². The van der Waals surface area contributed by atoms with Crippen LogP contribution >= 0.6 is 0 Å². The Kier molecular flexibility index (Phi) is 4.39. The molecule has 0 spiro atoms. The number of carbonyl (C=O) groups is 2. The Labute approximate surface area is 118 Å². The summed E-state index contributed by atoms with van der Waals surface area (Å²) in [5.74, 6) is -1.06. The van der Waals surface area contributed by atoms with Gasteiger partial charge in [0.25, 0.3) is 0 Å². The van der Waals surface area contributed by atoms with Crippen LogP contribution in [0.2, 0.25) is 0 Å². The van der Waals surface area contributed by atoms with E-state index in [1.54, 1.807) is 11.8 Å². The van der Waals surface area contributed by atoms with Gasteiger partial charge in [-0.25, -0.2) is 0 Å². The number of hydrogen-bond donors (Lipinski definition) is 2. The third-order valence-corrected chi connectivity index (χ3v) is 3.53. The van der Waals surface area contributed by atoms with Crippen LogP contribution in [0.3, 0.4) is 0 Å². The molecular formula is C15H20N2O3. The van der Waals surface area contributed by atoms with Crippen molar-refractivity contribution < 1.29 is 14.7 Å². The second kappa shape index (κ2) is 6.05. The third kappa shape index (κ3) is 3.81. The molecule has 1 saturated carbocycles. The van der Waals surface area contributed by atoms with Crippen LogP contribution in [0.15, 0.2) is 24.3 Å². The van der Waals surface area contributed by atoms with Crippen molar-refractivity contribution in [2.45, 2.75) is 38.8 Å². The predicted octanol–water partition coefficient (Wildman–Crippen LogP) is 1.87. The molecule has 1 aromatic carbocycles. The molecule has 2 rings (SSSR count). The van der Waals surface area contributed by atoms with Gasteiger partial charge in [0.1, 0.15) is 6.04 Å². The first-order chi connectivity index (χ1) is 9.47. The highest BCUT2D eigenvalue weighted by molar-refractivity contribution is 5.92. The largest absolute Gasteiger partial charge is 0.480 e. The molecule has 5 nitrogen and oxygen atoms in total. The topological polar surface area (TPSA) is 69.6 Å². The van der Waals surface area contributed by atoms with Gasteiger partial charge in [-0.15, -0.1) is 0 Å². The number of anilines is 1. The predicted molar refractivity (Wildman–Crippen MR) is 76.6 cm³/mol. The lowest BCUT2D eigenvalue weighted by atomic mass is 10.2. The number of rotatable bonds is 6. The minimum atomic E-state index is -0.889. The summed E-state index contributed by atoms with van der Waals surface area (Å²) in [6, 6.07) is 7.13. The molecule has 1 aliphatic rings. The van der Waals surface area contributed by atoms with Crippen LogP contribution in [-0.2, 0) is 9.59 Å². The summed E-state index contributed by atoms with van der Waals surface area (Å²) in [4.78, 5) is 24.9. The van der Waals surface area contributed by atoms with Crippen molar-refractivity contribution in [3.05, 3.63) is 29.8 Å². The average molecular weight is 276 g/mol. The van der Waals surface area contributed by atoms with E-state index in [0.29, 0.717) is 0 Å². The van der Waals surface area contributed by atoms with Crippen molar-refractivity contribution in [3.63, 3.8) is 0 Å². The Balaban J connectivity index is 1.94. The fourth-order valence-corrected chi connectivity index (χ4v) is 2.13. The summed E-state index contributed by atoms with van der Waals surface area (Å²) in [7, 11) is 0. The van der Waals surface area contributed by atoms with Gasteiger partial charge in [0.15, 0.2) is 0 Å². The van der Waals surface area contributed by atoms with Crippen LogP contribution < -0.4 is 5.32 Å². The molecule has 0 saturated heterocycles. The molecule has 1 aromatic rings. The molecule has 1 amide bonds. The van der Waals surface area contributed by atoms with Gasteiger partial charge >= 0.3 is 5.97 Å². The van der Waals surface area contributed by atoms with Crippen LogP contribution in [0.1, 0.15) is 25.3 Å². The molecule has 0 heterocycles. The normalized spacial score (nSPS) is 15.9. The van der Waals surface area contributed by atoms with Gasteiger partial charge in [-0.3, -0.25) is 14.5 Å². The van der Waals surface area contributed by atoms with E-state index in [2.05, 4.69) is 5.32 Å². The van der Waals surface area contributed by atoms with Gasteiger partial charge < -0.3 is 10.4 Å². The Morgan fingerprint density at radius 1 is 1.35 bits per heavy atom. The highest BCUT2D eigenvalue weighted by Gasteiger charge is 2.36. The number of aryl methyl sites for hydroxylation is 1. The molecule has 1 unspecified atom stereocenters. The highest BCUT2D eigenvalue weighted by atomic mass is 16.4. The summed E-state index contributed by atoms with van der Waals surface area (Å²) < 4.78 is 0. The molecular weight excluding hydrogens is 256 g/mol. The molecule has 20 heavy (non-hydrogen) atoms. The molecule has 0 bridgehead atoms. The lowest BCUT2D eigenvalue weighted by Gasteiger charge is -2.25. The van der Waals surface area contributed by atoms with E-state index < -0.39 is 12.0 Å². The molecule has 108 valence electrons. The maximum atomic E-state index is 12.0. The molecule has 2 N–H and O–H groups in total. The van der Waals surface area contributed by atoms with Gasteiger partial charge in [-0.05, 0) is 38.8 Å². The summed E-state index contributed by atoms with van der Waals surface area (Å²) in [5.41, 5.74) is 1.86. The lowest BCUT2D eigenvalue weighted by molar-refractivity contribution is -0.143. The van der Waals surface area contributed by atoms with Gasteiger partial charge in [-0.2, -0.15) is 0 Å². The minimum Gasteiger partial charge on any atom is -0.480 e. The summed E-state index contributed by atoms with van der Waals surface area (Å²) in [6.07, 6.45) is 1.94. The minimum absolute atomic E-state index is 0.117. The van der Waals surface area contributed by atoms with Crippen LogP contribution in [0, 0.1) is 6.92 Å². The number of carboxylic acid groups (broad SMARTS) is 1. The number of nitrogens with zero attached hydrogens (tertiary/aromatic N) is 1. The molecule has 5 heteroatoms. The second-order valence-corrected chi connectivity index (χ2v) is 5.33. The van der Waals surface area contributed by atoms with Crippen LogP contribution in [0.5, 0.6) is 0 Å². The Bertz CT molecular complexity index is 494. The van der Waals surface area contributed by atoms with Gasteiger partial charge in [0, 0.05) is 11.7 Å². The average Bonchev–Trinajstić information content (AvgIpc) is 3.22. The molecule has 0 radical (unpaired) electrons. The molecule has 0 aromatic heterocycles. The highest BCUT2D eigenvalue weighted by Crippen LogP contribution is 2.28. The van der Waals surface area contributed by atoms with Crippen molar-refractivity contribution in [1.82, 2.24) is 4.90 Å². The number of amides is 1. The number of carboxylic acids is 1. The number of hydrogen-bond acceptors (Lipinski definition) is 3. The van der Waals surface area contributed by atoms with Gasteiger partial charge in [0.2, 0.25) is 5.91 Å². The summed E-state index contributed by atoms with van der Waals surface area (Å²) in [6.45, 7) is 3.72. The maximum Gasteiger partial charge on any atom is 0.320 e. The molecule has 1 fully saturated rings. The van der Waals surface area contributed by atoms with Gasteiger partial charge in [-0.1, -0.05) is 17.7 Å². The molecule has 1 aliphatic carbocycles. The van der Waals surface area contributed by atoms with Crippen molar-refractivity contribution in [1.29, 1.82) is 0 Å². The Morgan fingerprint density at radius 3 is 2.45 bits per heavy atom. The van der Waals surface area contributed by atoms with Crippen molar-refractivity contribution >= 4 is 17.6 Å². The van der Waals surface area contributed by atoms with E-state index in [4.69, 9.17) is 5.11 Å². The van der Waals surface area contributed by atoms with Crippen LogP contribution in [0.4, 0.5) is 5.69 Å². The fraction of sp³-hybridized carbons (Fsp3) is 0.467. The Hall–Kier alpha value is -1.88. The number of aliphatic carboxylic acids is 1. The first-order valence-corrected chi connectivity index (χ1v) is 6.82. The van der Waals surface area contributed by atoms with E-state index in [-0.39, 0.29) is 18.5 Å². The maximum absolute atomic E-state index is 12.0. The fourth-order valence-electron chi connectivity index (χ4n) is 2.13. The SMILES string of the molecule is Cc1ccc(NC(=O)CN(C2CC2)C(C)C(=O)O)cc1. The Morgan fingerprint density at radius 2 is 1.95 bits per heavy atom. The van der Waals surface area contributed by atoms with Gasteiger partial charge in [0.05, 0.1) is 6.54 Å². The van der Waals surface area contributed by atoms with Crippen LogP contribution in [-0.4, -0.2) is 40.5 Å². The zero-order valence-electron chi connectivity index (χ0n) is 11.8. The smallest absolute Gasteiger partial charge is 0.320 e. The van der Waals surface area contributed by atoms with E-state index >= 15 is 0 Å². The third-order valence-electron chi connectivity index (χ3n) is 3.53. The quantitative estimate of drug-likeness (QED) is 0.832. The molecule has 0 aliphatic heterocycles. The lowest BCUT2D eigenvalue weighted by Crippen LogP contribution is -2.44. The number of nitrogens with one attached hydrogen (secondary N) is 1. The number of benzene rings is 1. The second-order valence-electron chi connectivity index (χ2n) is 5.33. The first-order valence-electron chi connectivity index (χ1n) is 6.82. The summed E-state index contributed by atoms with van der Waals surface area (Å²) in [5, 5.41) is 11.9. The van der Waals surface area contributed by atoms with Crippen molar-refractivity contribution in [2.24, 2.45) is 0 Å². The zero-order valence-corrected chi connectivity index (χ0v) is 11.8. The summed E-state index contributed by atoms with van der Waals surface area (Å²) >= 11 is 0. The molecule has 1 atom stereocenters.